The summed E-state index contributed by atoms with van der Waals surface area (Å²) >= 11 is 0. The molecular formula is C20H22N8O4. The predicted molar refractivity (Wildman–Crippen MR) is 109 cm³/mol. The summed E-state index contributed by atoms with van der Waals surface area (Å²) < 4.78 is 0. The normalized spacial score (nSPS) is 20.9. The zero-order chi connectivity index (χ0) is 22.5. The predicted octanol–water partition coefficient (Wildman–Crippen LogP) is -1.37. The smallest absolute Gasteiger partial charge is 0.274 e. The molecule has 4 amide bonds. The first kappa shape index (κ1) is 21.3. The van der Waals surface area contributed by atoms with Gasteiger partial charge in [0.05, 0.1) is 18.9 Å². The van der Waals surface area contributed by atoms with Gasteiger partial charge in [-0.1, -0.05) is 0 Å². The van der Waals surface area contributed by atoms with Crippen LogP contribution in [-0.2, 0) is 9.59 Å². The molecule has 0 unspecified atom stereocenters. The van der Waals surface area contributed by atoms with Crippen LogP contribution >= 0.6 is 0 Å². The van der Waals surface area contributed by atoms with Crippen molar-refractivity contribution in [3.63, 3.8) is 0 Å². The van der Waals surface area contributed by atoms with Crippen molar-refractivity contribution in [2.75, 3.05) is 26.2 Å². The van der Waals surface area contributed by atoms with Gasteiger partial charge in [-0.15, -0.1) is 0 Å². The minimum atomic E-state index is -1.01. The van der Waals surface area contributed by atoms with Gasteiger partial charge in [-0.3, -0.25) is 29.1 Å². The van der Waals surface area contributed by atoms with Crippen LogP contribution < -0.4 is 10.6 Å². The molecule has 2 N–H and O–H groups in total. The summed E-state index contributed by atoms with van der Waals surface area (Å²) in [7, 11) is 0. The summed E-state index contributed by atoms with van der Waals surface area (Å²) in [5.41, 5.74) is 0.237. The minimum absolute atomic E-state index is 0.0540. The maximum atomic E-state index is 13.2. The van der Waals surface area contributed by atoms with Gasteiger partial charge in [0.15, 0.2) is 0 Å². The van der Waals surface area contributed by atoms with Gasteiger partial charge in [0.25, 0.3) is 11.8 Å². The van der Waals surface area contributed by atoms with Crippen molar-refractivity contribution in [3.05, 3.63) is 48.6 Å². The number of rotatable bonds is 4. The number of aromatic nitrogens is 4. The molecular weight excluding hydrogens is 416 g/mol. The zero-order valence-electron chi connectivity index (χ0n) is 17.2. The Morgan fingerprint density at radius 1 is 0.969 bits per heavy atom. The summed E-state index contributed by atoms with van der Waals surface area (Å²) in [5, 5.41) is 5.44. The molecule has 0 aromatic carbocycles. The van der Waals surface area contributed by atoms with Crippen molar-refractivity contribution in [2.24, 2.45) is 0 Å². The van der Waals surface area contributed by atoms with Crippen LogP contribution in [0.25, 0.3) is 0 Å². The number of piperidine rings is 1. The largest absolute Gasteiger partial charge is 0.354 e. The first-order valence-corrected chi connectivity index (χ1v) is 10.2. The van der Waals surface area contributed by atoms with Gasteiger partial charge < -0.3 is 20.4 Å². The van der Waals surface area contributed by atoms with Crippen molar-refractivity contribution in [2.45, 2.75) is 24.9 Å². The van der Waals surface area contributed by atoms with Gasteiger partial charge in [-0.25, -0.2) is 9.97 Å². The van der Waals surface area contributed by atoms with E-state index in [1.165, 1.54) is 47.0 Å². The maximum absolute atomic E-state index is 13.2. The van der Waals surface area contributed by atoms with Crippen LogP contribution in [0.5, 0.6) is 0 Å². The first-order chi connectivity index (χ1) is 15.5. The number of amides is 4. The fraction of sp³-hybridized carbons (Fsp3) is 0.400. The van der Waals surface area contributed by atoms with E-state index in [1.54, 1.807) is 0 Å². The molecule has 2 aliphatic heterocycles. The van der Waals surface area contributed by atoms with Gasteiger partial charge >= 0.3 is 0 Å². The number of nitrogens with one attached hydrogen (secondary N) is 2. The number of hydrogen-bond donors (Lipinski definition) is 2. The summed E-state index contributed by atoms with van der Waals surface area (Å²) in [6.45, 7) is 0.819. The zero-order valence-corrected chi connectivity index (χ0v) is 17.2. The van der Waals surface area contributed by atoms with Crippen molar-refractivity contribution in [1.29, 1.82) is 0 Å². The summed E-state index contributed by atoms with van der Waals surface area (Å²) in [5.74, 6) is -1.64. The van der Waals surface area contributed by atoms with E-state index in [1.807, 2.05) is 0 Å². The fourth-order valence-electron chi connectivity index (χ4n) is 3.74. The van der Waals surface area contributed by atoms with Crippen LogP contribution in [0.1, 0.15) is 33.8 Å². The average molecular weight is 438 g/mol. The van der Waals surface area contributed by atoms with Crippen LogP contribution in [0.2, 0.25) is 0 Å². The Bertz CT molecular complexity index is 1000. The monoisotopic (exact) mass is 438 g/mol. The van der Waals surface area contributed by atoms with Gasteiger partial charge in [-0.05, 0) is 12.8 Å². The summed E-state index contributed by atoms with van der Waals surface area (Å²) in [6.07, 6.45) is 9.62. The molecule has 2 aliphatic rings. The van der Waals surface area contributed by atoms with Crippen LogP contribution in [0, 0.1) is 0 Å². The standard InChI is InChI=1S/C20H22N8O4/c29-17-13(2-1-3-25-17)26-18(30)16-12-27(19(31)14-10-21-4-6-23-14)8-9-28(16)20(32)15-11-22-5-7-24-15/h4-7,10-11,13,16H,1-3,8-9,12H2,(H,25,29)(H,26,30)/t13-,16+/m1/s1. The number of piperazine rings is 1. The molecule has 2 fully saturated rings. The molecule has 2 atom stereocenters. The highest BCUT2D eigenvalue weighted by Crippen LogP contribution is 2.16. The molecule has 166 valence electrons. The molecule has 0 spiro atoms. The van der Waals surface area contributed by atoms with Gasteiger partial charge in [0.2, 0.25) is 11.8 Å². The molecule has 4 heterocycles. The molecule has 2 aromatic heterocycles. The van der Waals surface area contributed by atoms with Crippen molar-refractivity contribution < 1.29 is 19.2 Å². The lowest BCUT2D eigenvalue weighted by atomic mass is 10.0. The van der Waals surface area contributed by atoms with Gasteiger partial charge in [0.1, 0.15) is 23.5 Å². The third kappa shape index (κ3) is 4.53. The van der Waals surface area contributed by atoms with E-state index < -0.39 is 29.8 Å². The average Bonchev–Trinajstić information content (AvgIpc) is 2.85. The van der Waals surface area contributed by atoms with E-state index in [9.17, 15) is 19.2 Å². The lowest BCUT2D eigenvalue weighted by Crippen LogP contribution is -2.63. The second-order valence-electron chi connectivity index (χ2n) is 7.44. The van der Waals surface area contributed by atoms with Crippen molar-refractivity contribution >= 4 is 23.6 Å². The minimum Gasteiger partial charge on any atom is -0.354 e. The highest BCUT2D eigenvalue weighted by molar-refractivity contribution is 5.98. The molecule has 0 radical (unpaired) electrons. The quantitative estimate of drug-likeness (QED) is 0.593. The Labute approximate surface area is 183 Å². The molecule has 12 heteroatoms. The van der Waals surface area contributed by atoms with Crippen LogP contribution in [0.3, 0.4) is 0 Å². The molecule has 0 aliphatic carbocycles. The Kier molecular flexibility index (Phi) is 6.29. The van der Waals surface area contributed by atoms with E-state index in [0.29, 0.717) is 13.0 Å². The lowest BCUT2D eigenvalue weighted by molar-refractivity contribution is -0.133. The molecule has 0 bridgehead atoms. The number of hydrogen-bond acceptors (Lipinski definition) is 8. The van der Waals surface area contributed by atoms with Crippen molar-refractivity contribution in [3.8, 4) is 0 Å². The Hall–Kier alpha value is -3.96. The third-order valence-corrected chi connectivity index (χ3v) is 5.40. The number of carbonyl (C=O) groups excluding carboxylic acids is 4. The van der Waals surface area contributed by atoms with Crippen molar-refractivity contribution in [1.82, 2.24) is 40.4 Å². The van der Waals surface area contributed by atoms with E-state index in [2.05, 4.69) is 30.6 Å². The maximum Gasteiger partial charge on any atom is 0.274 e. The van der Waals surface area contributed by atoms with Crippen LogP contribution in [0.15, 0.2) is 37.2 Å². The number of nitrogens with zero attached hydrogens (tertiary/aromatic N) is 6. The van der Waals surface area contributed by atoms with Gasteiger partial charge in [0, 0.05) is 44.4 Å². The summed E-state index contributed by atoms with van der Waals surface area (Å²) in [6, 6.07) is -1.69. The molecule has 2 saturated heterocycles. The Morgan fingerprint density at radius 3 is 2.28 bits per heavy atom. The molecule has 0 saturated carbocycles. The van der Waals surface area contributed by atoms with E-state index in [4.69, 9.17) is 0 Å². The van der Waals surface area contributed by atoms with E-state index in [-0.39, 0.29) is 36.9 Å². The second kappa shape index (κ2) is 9.45. The second-order valence-corrected chi connectivity index (χ2v) is 7.44. The van der Waals surface area contributed by atoms with E-state index in [0.717, 1.165) is 6.42 Å². The number of carbonyl (C=O) groups is 4. The fourth-order valence-corrected chi connectivity index (χ4v) is 3.74. The lowest BCUT2D eigenvalue weighted by Gasteiger charge is -2.40. The molecule has 2 aromatic rings. The highest BCUT2D eigenvalue weighted by Gasteiger charge is 2.39. The SMILES string of the molecule is O=C1NCCC[C@H]1NC(=O)[C@@H]1CN(C(=O)c2cnccn2)CCN1C(=O)c1cnccn1. The Morgan fingerprint density at radius 2 is 1.66 bits per heavy atom. The van der Waals surface area contributed by atoms with Gasteiger partial charge in [-0.2, -0.15) is 0 Å². The molecule has 32 heavy (non-hydrogen) atoms. The van der Waals surface area contributed by atoms with E-state index >= 15 is 0 Å². The highest BCUT2D eigenvalue weighted by atomic mass is 16.2. The third-order valence-electron chi connectivity index (χ3n) is 5.40. The Balaban J connectivity index is 1.56. The summed E-state index contributed by atoms with van der Waals surface area (Å²) in [4.78, 5) is 69.9. The molecule has 4 rings (SSSR count). The molecule has 12 nitrogen and oxygen atoms in total. The topological polar surface area (TPSA) is 150 Å². The van der Waals surface area contributed by atoms with Crippen LogP contribution in [0.4, 0.5) is 0 Å². The first-order valence-electron chi connectivity index (χ1n) is 10.2. The van der Waals surface area contributed by atoms with Crippen LogP contribution in [-0.4, -0.2) is 91.6 Å².